The normalized spacial score (nSPS) is 11.6. The summed E-state index contributed by atoms with van der Waals surface area (Å²) in [6.07, 6.45) is 0. The number of thioether (sulfide) groups is 1. The summed E-state index contributed by atoms with van der Waals surface area (Å²) in [6, 6.07) is 6.17. The number of amides is 1. The van der Waals surface area contributed by atoms with Crippen molar-refractivity contribution in [3.63, 3.8) is 0 Å². The van der Waals surface area contributed by atoms with Gasteiger partial charge in [0.2, 0.25) is 15.9 Å². The van der Waals surface area contributed by atoms with Crippen molar-refractivity contribution in [3.05, 3.63) is 41.2 Å². The van der Waals surface area contributed by atoms with Crippen molar-refractivity contribution in [1.29, 1.82) is 0 Å². The molecule has 1 heterocycles. The lowest BCUT2D eigenvalue weighted by Crippen LogP contribution is -2.22. The molecule has 1 aromatic carbocycles. The van der Waals surface area contributed by atoms with Gasteiger partial charge in [-0.2, -0.15) is 0 Å². The number of benzene rings is 1. The molecular formula is C17H22N4O3S2. The molecule has 0 spiro atoms. The molecule has 2 rings (SSSR count). The second-order valence-corrected chi connectivity index (χ2v) is 9.05. The van der Waals surface area contributed by atoms with Gasteiger partial charge in [0.05, 0.1) is 10.6 Å². The van der Waals surface area contributed by atoms with Crippen molar-refractivity contribution >= 4 is 33.4 Å². The molecule has 9 heteroatoms. The number of carbonyl (C=O) groups excluding carboxylic acids is 1. The van der Waals surface area contributed by atoms with E-state index in [9.17, 15) is 13.2 Å². The molecule has 0 aliphatic carbocycles. The zero-order valence-electron chi connectivity index (χ0n) is 15.4. The van der Waals surface area contributed by atoms with Crippen molar-refractivity contribution in [2.24, 2.45) is 0 Å². The fourth-order valence-corrected chi connectivity index (χ4v) is 3.76. The number of hydrogen-bond donors (Lipinski definition) is 1. The van der Waals surface area contributed by atoms with E-state index < -0.39 is 10.0 Å². The fraction of sp³-hybridized carbons (Fsp3) is 0.353. The van der Waals surface area contributed by atoms with Gasteiger partial charge in [-0.1, -0.05) is 17.8 Å². The Hall–Kier alpha value is -1.97. The number of aromatic nitrogens is 2. The maximum absolute atomic E-state index is 12.2. The lowest BCUT2D eigenvalue weighted by atomic mass is 10.2. The Kier molecular flexibility index (Phi) is 6.38. The third kappa shape index (κ3) is 4.80. The van der Waals surface area contributed by atoms with Gasteiger partial charge in [0.15, 0.2) is 5.16 Å². The highest BCUT2D eigenvalue weighted by molar-refractivity contribution is 7.99. The molecule has 0 saturated carbocycles. The summed E-state index contributed by atoms with van der Waals surface area (Å²) >= 11 is 1.24. The Balaban J connectivity index is 2.05. The molecule has 0 aliphatic heterocycles. The van der Waals surface area contributed by atoms with Gasteiger partial charge in [0, 0.05) is 31.2 Å². The van der Waals surface area contributed by atoms with Gasteiger partial charge in [-0.3, -0.25) is 4.79 Å². The average Bonchev–Trinajstić information content (AvgIpc) is 2.57. The Morgan fingerprint density at radius 3 is 2.35 bits per heavy atom. The van der Waals surface area contributed by atoms with Crippen molar-refractivity contribution in [1.82, 2.24) is 14.3 Å². The van der Waals surface area contributed by atoms with E-state index in [-0.39, 0.29) is 16.6 Å². The molecule has 1 aromatic heterocycles. The monoisotopic (exact) mass is 394 g/mol. The molecule has 0 saturated heterocycles. The maximum Gasteiger partial charge on any atom is 0.242 e. The summed E-state index contributed by atoms with van der Waals surface area (Å²) in [5, 5.41) is 3.25. The predicted molar refractivity (Wildman–Crippen MR) is 103 cm³/mol. The molecule has 140 valence electrons. The molecule has 26 heavy (non-hydrogen) atoms. The number of rotatable bonds is 6. The number of nitrogens with zero attached hydrogens (tertiary/aromatic N) is 3. The van der Waals surface area contributed by atoms with Crippen LogP contribution in [0, 0.1) is 20.8 Å². The van der Waals surface area contributed by atoms with E-state index in [2.05, 4.69) is 15.3 Å². The molecular weight excluding hydrogens is 372 g/mol. The highest BCUT2D eigenvalue weighted by Gasteiger charge is 2.17. The first-order chi connectivity index (χ1) is 12.1. The largest absolute Gasteiger partial charge is 0.325 e. The van der Waals surface area contributed by atoms with E-state index in [0.717, 1.165) is 21.3 Å². The Morgan fingerprint density at radius 1 is 1.15 bits per heavy atom. The average molecular weight is 395 g/mol. The van der Waals surface area contributed by atoms with Gasteiger partial charge in [-0.15, -0.1) is 0 Å². The number of carbonyl (C=O) groups is 1. The van der Waals surface area contributed by atoms with Gasteiger partial charge in [0.1, 0.15) is 0 Å². The highest BCUT2D eigenvalue weighted by atomic mass is 32.2. The maximum atomic E-state index is 12.2. The molecule has 0 fully saturated rings. The molecule has 0 bridgehead atoms. The second-order valence-electron chi connectivity index (χ2n) is 5.95. The summed E-state index contributed by atoms with van der Waals surface area (Å²) < 4.78 is 25.5. The second kappa shape index (κ2) is 8.15. The first-order valence-corrected chi connectivity index (χ1v) is 10.3. The van der Waals surface area contributed by atoms with Gasteiger partial charge < -0.3 is 5.32 Å². The Labute approximate surface area is 158 Å². The van der Waals surface area contributed by atoms with Gasteiger partial charge in [-0.25, -0.2) is 22.7 Å². The van der Waals surface area contributed by atoms with Gasteiger partial charge in [-0.05, 0) is 44.5 Å². The molecule has 1 amide bonds. The number of hydrogen-bond acceptors (Lipinski definition) is 6. The van der Waals surface area contributed by atoms with Crippen LogP contribution in [0.25, 0.3) is 0 Å². The molecule has 0 aliphatic rings. The van der Waals surface area contributed by atoms with Crippen LogP contribution in [0.5, 0.6) is 0 Å². The van der Waals surface area contributed by atoms with Crippen LogP contribution in [0.15, 0.2) is 34.3 Å². The topological polar surface area (TPSA) is 92.3 Å². The fourth-order valence-electron chi connectivity index (χ4n) is 2.08. The molecule has 7 nitrogen and oxygen atoms in total. The molecule has 2 aromatic rings. The molecule has 1 N–H and O–H groups in total. The Bertz CT molecular complexity index is 904. The van der Waals surface area contributed by atoms with Crippen molar-refractivity contribution in [2.75, 3.05) is 25.2 Å². The van der Waals surface area contributed by atoms with Gasteiger partial charge in [0.25, 0.3) is 0 Å². The third-order valence-electron chi connectivity index (χ3n) is 3.84. The van der Waals surface area contributed by atoms with Crippen molar-refractivity contribution < 1.29 is 13.2 Å². The van der Waals surface area contributed by atoms with Gasteiger partial charge >= 0.3 is 0 Å². The van der Waals surface area contributed by atoms with E-state index in [4.69, 9.17) is 0 Å². The lowest BCUT2D eigenvalue weighted by Gasteiger charge is -2.12. The number of sulfonamides is 1. The van der Waals surface area contributed by atoms with E-state index in [1.807, 2.05) is 20.8 Å². The van der Waals surface area contributed by atoms with Crippen LogP contribution in [0.3, 0.4) is 0 Å². The van der Waals surface area contributed by atoms with E-state index in [0.29, 0.717) is 10.8 Å². The third-order valence-corrected chi connectivity index (χ3v) is 6.50. The quantitative estimate of drug-likeness (QED) is 0.597. The van der Waals surface area contributed by atoms with Crippen LogP contribution in [-0.2, 0) is 14.8 Å². The minimum atomic E-state index is -3.55. The first-order valence-electron chi connectivity index (χ1n) is 7.88. The Morgan fingerprint density at radius 2 is 1.77 bits per heavy atom. The summed E-state index contributed by atoms with van der Waals surface area (Å²) in [7, 11) is -0.625. The van der Waals surface area contributed by atoms with E-state index in [1.54, 1.807) is 12.1 Å². The summed E-state index contributed by atoms with van der Waals surface area (Å²) in [5.74, 6) is -0.124. The predicted octanol–water partition coefficient (Wildman–Crippen LogP) is 2.38. The number of nitrogens with one attached hydrogen (secondary N) is 1. The standard InChI is InChI=1S/C17H22N4O3S2/c1-11-12(2)18-17(19-13(11)3)25-10-16(22)20-14-7-6-8-15(9-14)26(23,24)21(4)5/h6-9H,10H2,1-5H3,(H,20,22). The van der Waals surface area contributed by atoms with Crippen LogP contribution in [0.1, 0.15) is 17.0 Å². The first kappa shape index (κ1) is 20.3. The highest BCUT2D eigenvalue weighted by Crippen LogP contribution is 2.20. The number of aryl methyl sites for hydroxylation is 2. The van der Waals surface area contributed by atoms with Crippen LogP contribution in [0.4, 0.5) is 5.69 Å². The van der Waals surface area contributed by atoms with Crippen molar-refractivity contribution in [3.8, 4) is 0 Å². The van der Waals surface area contributed by atoms with E-state index >= 15 is 0 Å². The summed E-state index contributed by atoms with van der Waals surface area (Å²) in [5.41, 5.74) is 3.25. The molecule has 0 radical (unpaired) electrons. The summed E-state index contributed by atoms with van der Waals surface area (Å²) in [4.78, 5) is 21.0. The zero-order chi connectivity index (χ0) is 19.5. The van der Waals surface area contributed by atoms with Crippen LogP contribution in [0.2, 0.25) is 0 Å². The smallest absolute Gasteiger partial charge is 0.242 e. The van der Waals surface area contributed by atoms with Crippen LogP contribution >= 0.6 is 11.8 Å². The lowest BCUT2D eigenvalue weighted by molar-refractivity contribution is -0.113. The van der Waals surface area contributed by atoms with Crippen LogP contribution < -0.4 is 5.32 Å². The van der Waals surface area contributed by atoms with E-state index in [1.165, 1.54) is 38.0 Å². The van der Waals surface area contributed by atoms with Crippen molar-refractivity contribution in [2.45, 2.75) is 30.8 Å². The SMILES string of the molecule is Cc1nc(SCC(=O)Nc2cccc(S(=O)(=O)N(C)C)c2)nc(C)c1C. The number of anilines is 1. The molecule has 0 unspecified atom stereocenters. The molecule has 0 atom stereocenters. The zero-order valence-corrected chi connectivity index (χ0v) is 17.0. The minimum absolute atomic E-state index is 0.126. The van der Waals surface area contributed by atoms with Crippen LogP contribution in [-0.4, -0.2) is 48.4 Å². The summed E-state index contributed by atoms with van der Waals surface area (Å²) in [6.45, 7) is 5.77. The minimum Gasteiger partial charge on any atom is -0.325 e.